The first-order valence-corrected chi connectivity index (χ1v) is 22.7. The summed E-state index contributed by atoms with van der Waals surface area (Å²) in [7, 11) is 0. The van der Waals surface area contributed by atoms with E-state index in [1.165, 1.54) is 71.4 Å². The minimum absolute atomic E-state index is 0.00257. The molecule has 0 atom stereocenters. The van der Waals surface area contributed by atoms with E-state index in [1.807, 2.05) is 6.07 Å². The second-order valence-corrected chi connectivity index (χ2v) is 17.5. The van der Waals surface area contributed by atoms with Crippen LogP contribution in [0.15, 0.2) is 224 Å². The summed E-state index contributed by atoms with van der Waals surface area (Å²) >= 11 is 0. The van der Waals surface area contributed by atoms with Crippen molar-refractivity contribution >= 4 is 65.4 Å². The zero-order valence-electron chi connectivity index (χ0n) is 36.4. The summed E-state index contributed by atoms with van der Waals surface area (Å²) in [4.78, 5) is 0. The molecule has 1 N–H and O–H groups in total. The van der Waals surface area contributed by atoms with Gasteiger partial charge in [-0.15, -0.1) is 0 Å². The highest BCUT2D eigenvalue weighted by molar-refractivity contribution is 6.15. The van der Waals surface area contributed by atoms with Crippen molar-refractivity contribution in [2.45, 2.75) is 13.5 Å². The van der Waals surface area contributed by atoms with Crippen LogP contribution in [0.25, 0.3) is 116 Å². The maximum Gasteiger partial charge on any atom is 0.0682 e. The van der Waals surface area contributed by atoms with Gasteiger partial charge in [0.15, 0.2) is 0 Å². The Morgan fingerprint density at radius 3 is 0.955 bits per heavy atom. The Kier molecular flexibility index (Phi) is 8.70. The van der Waals surface area contributed by atoms with Crippen molar-refractivity contribution in [2.24, 2.45) is 0 Å². The number of hydrogen-bond donors (Lipinski definition) is 1. The summed E-state index contributed by atoms with van der Waals surface area (Å²) in [6, 6.07) is 81.7. The Balaban J connectivity index is 1.01. The molecule has 0 bridgehead atoms. The lowest BCUT2D eigenvalue weighted by atomic mass is 9.98. The van der Waals surface area contributed by atoms with Crippen molar-refractivity contribution in [3.05, 3.63) is 236 Å². The molecule has 3 heterocycles. The third kappa shape index (κ3) is 6.03. The standard InChI is InChI=1S/C62H43N3O/c1-40-17-25-50(26-18-40)65-61-31-23-45(44-21-29-58-52(35-44)51-33-41(39-66)19-27-57(51)63(58)48-13-7-3-8-14-48)37-55(61)56-38-47(24-32-62(56)65)46-22-30-60-54(36-46)53-34-43(42-11-5-2-6-12-42)20-28-59(53)64(60)49-15-9-4-10-16-49/h2-38,66H,39H2,1H3. The van der Waals surface area contributed by atoms with E-state index >= 15 is 0 Å². The second-order valence-electron chi connectivity index (χ2n) is 17.5. The maximum absolute atomic E-state index is 10.2. The molecule has 0 aliphatic rings. The summed E-state index contributed by atoms with van der Waals surface area (Å²) in [5.74, 6) is 0. The number of nitrogens with zero attached hydrogens (tertiary/aromatic N) is 3. The first-order valence-electron chi connectivity index (χ1n) is 22.7. The van der Waals surface area contributed by atoms with E-state index < -0.39 is 0 Å². The summed E-state index contributed by atoms with van der Waals surface area (Å²) in [5.41, 5.74) is 19.6. The van der Waals surface area contributed by atoms with Gasteiger partial charge < -0.3 is 18.8 Å². The summed E-state index contributed by atoms with van der Waals surface area (Å²) in [5, 5.41) is 17.3. The van der Waals surface area contributed by atoms with Gasteiger partial charge in [-0.2, -0.15) is 0 Å². The summed E-state index contributed by atoms with van der Waals surface area (Å²) in [6.45, 7) is 2.14. The van der Waals surface area contributed by atoms with Crippen molar-refractivity contribution in [2.75, 3.05) is 0 Å². The van der Waals surface area contributed by atoms with E-state index in [0.29, 0.717) is 0 Å². The molecule has 0 aliphatic heterocycles. The number of aliphatic hydroxyl groups excluding tert-OH is 1. The molecule has 0 unspecified atom stereocenters. The van der Waals surface area contributed by atoms with Crippen LogP contribution in [0.3, 0.4) is 0 Å². The molecule has 4 heteroatoms. The second kappa shape index (κ2) is 15.1. The number of benzene rings is 10. The van der Waals surface area contributed by atoms with Gasteiger partial charge in [-0.25, -0.2) is 0 Å². The topological polar surface area (TPSA) is 35.0 Å². The molecule has 0 spiro atoms. The predicted octanol–water partition coefficient (Wildman–Crippen LogP) is 15.8. The normalized spacial score (nSPS) is 11.8. The lowest BCUT2D eigenvalue weighted by molar-refractivity contribution is 0.282. The fraction of sp³-hybridized carbons (Fsp3) is 0.0323. The zero-order chi connectivity index (χ0) is 43.9. The maximum atomic E-state index is 10.2. The van der Waals surface area contributed by atoms with Crippen molar-refractivity contribution in [1.29, 1.82) is 0 Å². The number of aliphatic hydroxyl groups is 1. The van der Waals surface area contributed by atoms with Crippen LogP contribution >= 0.6 is 0 Å². The van der Waals surface area contributed by atoms with E-state index in [4.69, 9.17) is 0 Å². The van der Waals surface area contributed by atoms with Crippen molar-refractivity contribution < 1.29 is 5.11 Å². The highest BCUT2D eigenvalue weighted by atomic mass is 16.3. The number of hydrogen-bond acceptors (Lipinski definition) is 1. The molecule has 13 rings (SSSR count). The van der Waals surface area contributed by atoms with E-state index in [-0.39, 0.29) is 6.61 Å². The zero-order valence-corrected chi connectivity index (χ0v) is 36.4. The van der Waals surface area contributed by atoms with Gasteiger partial charge in [-0.3, -0.25) is 0 Å². The summed E-state index contributed by atoms with van der Waals surface area (Å²) < 4.78 is 7.13. The fourth-order valence-electron chi connectivity index (χ4n) is 10.4. The number of fused-ring (bicyclic) bond motifs is 9. The smallest absolute Gasteiger partial charge is 0.0682 e. The molecular weight excluding hydrogens is 803 g/mol. The quantitative estimate of drug-likeness (QED) is 0.170. The molecule has 0 radical (unpaired) electrons. The minimum atomic E-state index is -0.00257. The predicted molar refractivity (Wildman–Crippen MR) is 276 cm³/mol. The Hall–Kier alpha value is -8.44. The van der Waals surface area contributed by atoms with Gasteiger partial charge in [-0.05, 0) is 155 Å². The van der Waals surface area contributed by atoms with Crippen molar-refractivity contribution in [1.82, 2.24) is 13.7 Å². The van der Waals surface area contributed by atoms with Crippen molar-refractivity contribution in [3.63, 3.8) is 0 Å². The Morgan fingerprint density at radius 1 is 0.288 bits per heavy atom. The fourth-order valence-corrected chi connectivity index (χ4v) is 10.4. The van der Waals surface area contributed by atoms with Crippen LogP contribution in [-0.2, 0) is 6.61 Å². The van der Waals surface area contributed by atoms with Crippen LogP contribution in [0, 0.1) is 6.92 Å². The molecule has 3 aromatic heterocycles. The Morgan fingerprint density at radius 2 is 0.591 bits per heavy atom. The third-order valence-corrected chi connectivity index (χ3v) is 13.6. The van der Waals surface area contributed by atoms with Crippen LogP contribution in [-0.4, -0.2) is 18.8 Å². The largest absolute Gasteiger partial charge is 0.392 e. The van der Waals surface area contributed by atoms with Gasteiger partial charge in [0, 0.05) is 49.4 Å². The van der Waals surface area contributed by atoms with Gasteiger partial charge in [-0.1, -0.05) is 121 Å². The molecule has 66 heavy (non-hydrogen) atoms. The molecule has 4 nitrogen and oxygen atoms in total. The average Bonchev–Trinajstić information content (AvgIpc) is 4.01. The average molecular weight is 846 g/mol. The molecule has 0 fully saturated rings. The van der Waals surface area contributed by atoms with Gasteiger partial charge in [0.25, 0.3) is 0 Å². The first kappa shape index (κ1) is 38.1. The molecule has 13 aromatic rings. The van der Waals surface area contributed by atoms with E-state index in [1.54, 1.807) is 0 Å². The van der Waals surface area contributed by atoms with Gasteiger partial charge in [0.05, 0.1) is 39.7 Å². The van der Waals surface area contributed by atoms with Crippen LogP contribution in [0.4, 0.5) is 0 Å². The van der Waals surface area contributed by atoms with Crippen LogP contribution in [0.5, 0.6) is 0 Å². The van der Waals surface area contributed by atoms with E-state index in [0.717, 1.165) is 55.6 Å². The lowest BCUT2D eigenvalue weighted by Gasteiger charge is -2.10. The van der Waals surface area contributed by atoms with Gasteiger partial charge in [0.2, 0.25) is 0 Å². The van der Waals surface area contributed by atoms with Crippen LogP contribution in [0.1, 0.15) is 11.1 Å². The first-order chi connectivity index (χ1) is 32.6. The molecule has 0 saturated carbocycles. The highest BCUT2D eigenvalue weighted by Gasteiger charge is 2.19. The molecule has 312 valence electrons. The third-order valence-electron chi connectivity index (χ3n) is 13.6. The molecule has 10 aromatic carbocycles. The number of aromatic nitrogens is 3. The van der Waals surface area contributed by atoms with Gasteiger partial charge >= 0.3 is 0 Å². The lowest BCUT2D eigenvalue weighted by Crippen LogP contribution is -1.94. The van der Waals surface area contributed by atoms with Crippen LogP contribution < -0.4 is 0 Å². The molecule has 0 saturated heterocycles. The monoisotopic (exact) mass is 845 g/mol. The highest BCUT2D eigenvalue weighted by Crippen LogP contribution is 2.42. The summed E-state index contributed by atoms with van der Waals surface area (Å²) in [6.07, 6.45) is 0. The number of para-hydroxylation sites is 2. The van der Waals surface area contributed by atoms with Gasteiger partial charge in [0.1, 0.15) is 0 Å². The Bertz CT molecular complexity index is 4010. The Labute approximate surface area is 382 Å². The minimum Gasteiger partial charge on any atom is -0.392 e. The van der Waals surface area contributed by atoms with E-state index in [9.17, 15) is 5.11 Å². The van der Waals surface area contributed by atoms with E-state index in [2.05, 4.69) is 239 Å². The van der Waals surface area contributed by atoms with Crippen molar-refractivity contribution in [3.8, 4) is 50.4 Å². The number of aryl methyl sites for hydroxylation is 1. The molecule has 0 amide bonds. The SMILES string of the molecule is Cc1ccc(-n2c3ccc(-c4ccc5c(c4)c4cc(CO)ccc4n5-c4ccccc4)cc3c3cc(-c4ccc5c(c4)c4cc(-c6ccccc6)ccc4n5-c4ccccc4)ccc32)cc1. The number of rotatable bonds is 7. The molecule has 0 aliphatic carbocycles. The van der Waals surface area contributed by atoms with Crippen LogP contribution in [0.2, 0.25) is 0 Å². The molecular formula is C62H43N3O.